The molecule has 0 bridgehead atoms. The van der Waals surface area contributed by atoms with Crippen molar-refractivity contribution >= 4 is 61.5 Å². The van der Waals surface area contributed by atoms with Crippen LogP contribution in [0.1, 0.15) is 6.42 Å². The topological polar surface area (TPSA) is 170 Å². The van der Waals surface area contributed by atoms with Gasteiger partial charge < -0.3 is 15.1 Å². The molecule has 1 radical (unpaired) electrons. The van der Waals surface area contributed by atoms with E-state index in [1.807, 2.05) is 0 Å². The maximum atomic E-state index is 12.3. The zero-order valence-corrected chi connectivity index (χ0v) is 17.6. The Morgan fingerprint density at radius 3 is 2.33 bits per heavy atom. The monoisotopic (exact) mass is 429 g/mol. The van der Waals surface area contributed by atoms with Gasteiger partial charge in [0.05, 0.1) is 10.9 Å². The second kappa shape index (κ2) is 7.22. The number of hydrogen-bond acceptors (Lipinski definition) is 8. The first-order valence-electron chi connectivity index (χ1n) is 7.28. The first-order chi connectivity index (χ1) is 11.9. The first kappa shape index (κ1) is 21.9. The predicted molar refractivity (Wildman–Crippen MR) is 89.9 cm³/mol. The number of rotatable bonds is 4. The summed E-state index contributed by atoms with van der Waals surface area (Å²) in [7, 11) is -8.90. The van der Waals surface area contributed by atoms with Crippen LogP contribution in [0.15, 0.2) is 23.1 Å². The van der Waals surface area contributed by atoms with Crippen molar-refractivity contribution in [1.82, 2.24) is 9.21 Å². The largest absolute Gasteiger partial charge is 0.504 e. The van der Waals surface area contributed by atoms with Crippen molar-refractivity contribution in [1.29, 1.82) is 0 Å². The number of fused-ring (bicyclic) bond motifs is 1. The molecule has 11 nitrogen and oxygen atoms in total. The van der Waals surface area contributed by atoms with Crippen LogP contribution in [0.5, 0.6) is 11.5 Å². The van der Waals surface area contributed by atoms with Gasteiger partial charge in [0.15, 0.2) is 21.3 Å². The normalized spacial score (nSPS) is 22.0. The number of phenolic OH excluding ortho intramolecular Hbond substituents is 2. The SMILES string of the molecule is O=C(CS(=O)(=O)c1ccc(O)c(O)c1)N1CC[C@@H]2[C@H]1C(=O)N2S(=O)(=O)O.[Na]. The predicted octanol–water partition coefficient (Wildman–Crippen LogP) is -1.89. The molecular weight excluding hydrogens is 415 g/mol. The van der Waals surface area contributed by atoms with E-state index in [4.69, 9.17) is 4.55 Å². The van der Waals surface area contributed by atoms with Gasteiger partial charge >= 0.3 is 10.3 Å². The van der Waals surface area contributed by atoms with E-state index in [0.29, 0.717) is 0 Å². The molecule has 1 aromatic carbocycles. The summed E-state index contributed by atoms with van der Waals surface area (Å²) in [5, 5.41) is 18.6. The van der Waals surface area contributed by atoms with Crippen LogP contribution < -0.4 is 0 Å². The fourth-order valence-electron chi connectivity index (χ4n) is 3.12. The van der Waals surface area contributed by atoms with Gasteiger partial charge in [-0.2, -0.15) is 8.42 Å². The standard InChI is InChI=1S/C13H14N2O9S2.Na/c16-9-2-1-7(5-10(9)17)25(20,21)6-11(18)14-4-3-8-12(14)13(19)15(8)26(22,23)24;/h1-2,5,8,12,16-17H,3-4,6H2,(H,22,23,24);/t8-,12+;/m1./s1. The maximum Gasteiger partial charge on any atom is 0.362 e. The molecule has 27 heavy (non-hydrogen) atoms. The van der Waals surface area contributed by atoms with Crippen molar-refractivity contribution in [3.8, 4) is 11.5 Å². The maximum absolute atomic E-state index is 12.3. The summed E-state index contributed by atoms with van der Waals surface area (Å²) in [6.07, 6.45) is 0.0853. The van der Waals surface area contributed by atoms with Gasteiger partial charge in [-0.05, 0) is 18.6 Å². The number of sulfone groups is 1. The number of likely N-dealkylation sites (tertiary alicyclic amines) is 1. The van der Waals surface area contributed by atoms with Gasteiger partial charge in [0, 0.05) is 42.2 Å². The molecule has 2 heterocycles. The van der Waals surface area contributed by atoms with Crippen LogP contribution in [0.25, 0.3) is 0 Å². The minimum absolute atomic E-state index is 0. The third-order valence-corrected chi connectivity index (χ3v) is 6.87. The summed E-state index contributed by atoms with van der Waals surface area (Å²) in [4.78, 5) is 24.8. The van der Waals surface area contributed by atoms with E-state index in [-0.39, 0.29) is 46.8 Å². The van der Waals surface area contributed by atoms with Gasteiger partial charge in [0.25, 0.3) is 5.91 Å². The van der Waals surface area contributed by atoms with Crippen LogP contribution in [0.4, 0.5) is 0 Å². The molecule has 2 amide bonds. The van der Waals surface area contributed by atoms with Crippen molar-refractivity contribution in [2.75, 3.05) is 12.3 Å². The summed E-state index contributed by atoms with van der Waals surface area (Å²) in [6, 6.07) is 0.714. The van der Waals surface area contributed by atoms with Gasteiger partial charge in [-0.3, -0.25) is 14.1 Å². The summed E-state index contributed by atoms with van der Waals surface area (Å²) in [6.45, 7) is -0.0394. The van der Waals surface area contributed by atoms with Crippen LogP contribution in [0.3, 0.4) is 0 Å². The van der Waals surface area contributed by atoms with Gasteiger partial charge in [-0.25, -0.2) is 12.7 Å². The molecule has 2 saturated heterocycles. The number of amides is 2. The van der Waals surface area contributed by atoms with Crippen LogP contribution in [-0.2, 0) is 29.7 Å². The fourth-order valence-corrected chi connectivity index (χ4v) is 5.24. The summed E-state index contributed by atoms with van der Waals surface area (Å²) >= 11 is 0. The molecule has 2 aliphatic rings. The molecule has 0 aromatic heterocycles. The van der Waals surface area contributed by atoms with Gasteiger partial charge in [-0.1, -0.05) is 0 Å². The van der Waals surface area contributed by atoms with E-state index in [1.165, 1.54) is 0 Å². The smallest absolute Gasteiger partial charge is 0.362 e. The Balaban J connectivity index is 0.00000261. The molecule has 0 unspecified atom stereocenters. The molecule has 14 heteroatoms. The van der Waals surface area contributed by atoms with Crippen LogP contribution in [0, 0.1) is 0 Å². The van der Waals surface area contributed by atoms with E-state index in [9.17, 15) is 36.6 Å². The van der Waals surface area contributed by atoms with Gasteiger partial charge in [-0.15, -0.1) is 0 Å². The van der Waals surface area contributed by atoms with Crippen molar-refractivity contribution in [2.45, 2.75) is 23.4 Å². The third-order valence-electron chi connectivity index (χ3n) is 4.33. The van der Waals surface area contributed by atoms with E-state index in [1.54, 1.807) is 0 Å². The van der Waals surface area contributed by atoms with Crippen molar-refractivity contribution in [3.05, 3.63) is 18.2 Å². The van der Waals surface area contributed by atoms with E-state index in [2.05, 4.69) is 0 Å². The number of benzene rings is 1. The van der Waals surface area contributed by atoms with Crippen molar-refractivity contribution < 1.29 is 41.2 Å². The molecule has 3 N–H and O–H groups in total. The quantitative estimate of drug-likeness (QED) is 0.214. The average Bonchev–Trinajstić information content (AvgIpc) is 2.86. The molecule has 3 rings (SSSR count). The fraction of sp³-hybridized carbons (Fsp3) is 0.385. The molecule has 143 valence electrons. The number of phenols is 2. The Labute approximate surface area is 176 Å². The molecule has 0 aliphatic carbocycles. The molecule has 2 atom stereocenters. The zero-order chi connectivity index (χ0) is 19.4. The van der Waals surface area contributed by atoms with E-state index in [0.717, 1.165) is 23.1 Å². The Hall–Kier alpha value is -1.38. The molecule has 0 saturated carbocycles. The second-order valence-corrected chi connectivity index (χ2v) is 9.19. The Morgan fingerprint density at radius 2 is 1.78 bits per heavy atom. The summed E-state index contributed by atoms with van der Waals surface area (Å²) in [5.41, 5.74) is 0. The second-order valence-electron chi connectivity index (χ2n) is 5.91. The minimum atomic E-state index is -4.73. The van der Waals surface area contributed by atoms with Crippen LogP contribution in [0.2, 0.25) is 0 Å². The van der Waals surface area contributed by atoms with Crippen molar-refractivity contribution in [2.24, 2.45) is 0 Å². The number of carbonyl (C=O) groups excluding carboxylic acids is 2. The molecule has 0 spiro atoms. The number of β-lactam (4-membered cyclic amide) rings is 1. The summed E-state index contributed by atoms with van der Waals surface area (Å²) < 4.78 is 56.1. The van der Waals surface area contributed by atoms with E-state index >= 15 is 0 Å². The number of nitrogens with zero attached hydrogens (tertiary/aromatic N) is 2. The van der Waals surface area contributed by atoms with Gasteiger partial charge in [0.1, 0.15) is 11.8 Å². The molecule has 2 fully saturated rings. The minimum Gasteiger partial charge on any atom is -0.504 e. The third kappa shape index (κ3) is 3.79. The van der Waals surface area contributed by atoms with Gasteiger partial charge in [0.2, 0.25) is 5.91 Å². The van der Waals surface area contributed by atoms with Crippen LogP contribution in [-0.4, -0.2) is 107 Å². The Morgan fingerprint density at radius 1 is 1.15 bits per heavy atom. The first-order valence-corrected chi connectivity index (χ1v) is 10.3. The number of hydrogen-bond donors (Lipinski definition) is 3. The van der Waals surface area contributed by atoms with Crippen LogP contribution >= 0.6 is 0 Å². The molecule has 1 aromatic rings. The molecular formula is C13H14N2NaO9S2. The molecule has 2 aliphatic heterocycles. The summed E-state index contributed by atoms with van der Waals surface area (Å²) in [5.74, 6) is -4.10. The average molecular weight is 429 g/mol. The van der Waals surface area contributed by atoms with Crippen molar-refractivity contribution in [3.63, 3.8) is 0 Å². The Kier molecular flexibility index (Phi) is 5.86. The number of aromatic hydroxyl groups is 2. The van der Waals surface area contributed by atoms with E-state index < -0.39 is 66.2 Å². The Bertz CT molecular complexity index is 1010. The zero-order valence-electron chi connectivity index (χ0n) is 14.0. The number of carbonyl (C=O) groups is 2.